The molecule has 0 aliphatic carbocycles. The van der Waals surface area contributed by atoms with Crippen molar-refractivity contribution in [2.45, 2.75) is 31.9 Å². The quantitative estimate of drug-likeness (QED) is 0.731. The van der Waals surface area contributed by atoms with Gasteiger partial charge in [0.15, 0.2) is 0 Å². The summed E-state index contributed by atoms with van der Waals surface area (Å²) < 4.78 is 5.61. The summed E-state index contributed by atoms with van der Waals surface area (Å²) >= 11 is 3.23. The van der Waals surface area contributed by atoms with Crippen molar-refractivity contribution in [2.75, 3.05) is 11.9 Å². The fourth-order valence-electron chi connectivity index (χ4n) is 2.05. The Labute approximate surface area is 142 Å². The molecular weight excluding hydrogens is 366 g/mol. The SMILES string of the molecule is CCOC(=O)c1ccc(NC(=O)C(N)CC2CC(Br)=NO2)cc1. The highest BCUT2D eigenvalue weighted by Gasteiger charge is 2.25. The van der Waals surface area contributed by atoms with Gasteiger partial charge in [0.25, 0.3) is 0 Å². The molecule has 0 fully saturated rings. The Morgan fingerprint density at radius 1 is 1.48 bits per heavy atom. The monoisotopic (exact) mass is 383 g/mol. The van der Waals surface area contributed by atoms with Gasteiger partial charge >= 0.3 is 5.97 Å². The van der Waals surface area contributed by atoms with Crippen LogP contribution >= 0.6 is 15.9 Å². The zero-order valence-corrected chi connectivity index (χ0v) is 14.2. The van der Waals surface area contributed by atoms with E-state index in [0.29, 0.717) is 35.3 Å². The van der Waals surface area contributed by atoms with E-state index in [0.717, 1.165) is 0 Å². The number of hydrogen-bond acceptors (Lipinski definition) is 6. The van der Waals surface area contributed by atoms with Gasteiger partial charge in [-0.1, -0.05) is 5.16 Å². The first-order chi connectivity index (χ1) is 11.0. The molecule has 1 aromatic carbocycles. The van der Waals surface area contributed by atoms with Crippen LogP contribution in [0.1, 0.15) is 30.1 Å². The normalized spacial score (nSPS) is 17.9. The molecule has 124 valence electrons. The van der Waals surface area contributed by atoms with Crippen molar-refractivity contribution in [3.63, 3.8) is 0 Å². The van der Waals surface area contributed by atoms with E-state index >= 15 is 0 Å². The van der Waals surface area contributed by atoms with Crippen molar-refractivity contribution < 1.29 is 19.2 Å². The Kier molecular flexibility index (Phi) is 6.12. The standard InChI is InChI=1S/C15H18BrN3O4/c1-2-22-15(21)9-3-5-10(6-4-9)18-14(20)12(17)7-11-8-13(16)19-23-11/h3-6,11-12H,2,7-8,17H2,1H3,(H,18,20). The van der Waals surface area contributed by atoms with E-state index in [-0.39, 0.29) is 12.0 Å². The summed E-state index contributed by atoms with van der Waals surface area (Å²) in [7, 11) is 0. The van der Waals surface area contributed by atoms with Gasteiger partial charge in [-0.3, -0.25) is 4.79 Å². The molecule has 0 saturated heterocycles. The first-order valence-corrected chi connectivity index (χ1v) is 8.00. The Bertz CT molecular complexity index is 603. The maximum absolute atomic E-state index is 12.1. The summed E-state index contributed by atoms with van der Waals surface area (Å²) in [4.78, 5) is 28.7. The van der Waals surface area contributed by atoms with E-state index in [1.54, 1.807) is 31.2 Å². The third-order valence-electron chi connectivity index (χ3n) is 3.21. The smallest absolute Gasteiger partial charge is 0.338 e. The predicted octanol–water partition coefficient (Wildman–Crippen LogP) is 2.02. The number of carbonyl (C=O) groups is 2. The third-order valence-corrected chi connectivity index (χ3v) is 3.68. The minimum absolute atomic E-state index is 0.198. The van der Waals surface area contributed by atoms with Gasteiger partial charge in [0, 0.05) is 18.5 Å². The number of oxime groups is 1. The van der Waals surface area contributed by atoms with E-state index in [4.69, 9.17) is 15.3 Å². The number of nitrogens with zero attached hydrogens (tertiary/aromatic N) is 1. The average molecular weight is 384 g/mol. The van der Waals surface area contributed by atoms with Crippen molar-refractivity contribution in [3.05, 3.63) is 29.8 Å². The van der Waals surface area contributed by atoms with E-state index in [1.165, 1.54) is 0 Å². The number of rotatable bonds is 6. The summed E-state index contributed by atoms with van der Waals surface area (Å²) in [5, 5.41) is 6.46. The van der Waals surface area contributed by atoms with E-state index < -0.39 is 12.0 Å². The fraction of sp³-hybridized carbons (Fsp3) is 0.400. The first-order valence-electron chi connectivity index (χ1n) is 7.21. The molecule has 8 heteroatoms. The Hall–Kier alpha value is -1.93. The van der Waals surface area contributed by atoms with Crippen LogP contribution in [-0.4, -0.2) is 35.3 Å². The highest BCUT2D eigenvalue weighted by Crippen LogP contribution is 2.18. The second kappa shape index (κ2) is 8.07. The van der Waals surface area contributed by atoms with Crippen LogP contribution < -0.4 is 11.1 Å². The molecule has 0 aromatic heterocycles. The minimum Gasteiger partial charge on any atom is -0.462 e. The van der Waals surface area contributed by atoms with Crippen LogP contribution in [0.15, 0.2) is 29.4 Å². The maximum atomic E-state index is 12.1. The number of halogens is 1. The molecule has 23 heavy (non-hydrogen) atoms. The van der Waals surface area contributed by atoms with Crippen LogP contribution in [0.2, 0.25) is 0 Å². The predicted molar refractivity (Wildman–Crippen MR) is 89.5 cm³/mol. The van der Waals surface area contributed by atoms with Gasteiger partial charge in [-0.25, -0.2) is 4.79 Å². The summed E-state index contributed by atoms with van der Waals surface area (Å²) in [5.74, 6) is -0.716. The highest BCUT2D eigenvalue weighted by atomic mass is 79.9. The number of nitrogens with two attached hydrogens (primary N) is 1. The number of benzene rings is 1. The van der Waals surface area contributed by atoms with Crippen LogP contribution in [0.4, 0.5) is 5.69 Å². The van der Waals surface area contributed by atoms with Crippen molar-refractivity contribution in [3.8, 4) is 0 Å². The lowest BCUT2D eigenvalue weighted by atomic mass is 10.1. The van der Waals surface area contributed by atoms with E-state index in [2.05, 4.69) is 26.4 Å². The molecule has 3 N–H and O–H groups in total. The van der Waals surface area contributed by atoms with Crippen LogP contribution in [0.25, 0.3) is 0 Å². The Balaban J connectivity index is 1.86. The van der Waals surface area contributed by atoms with Crippen LogP contribution in [0.3, 0.4) is 0 Å². The van der Waals surface area contributed by atoms with Crippen LogP contribution in [0, 0.1) is 0 Å². The molecule has 0 spiro atoms. The number of nitrogens with one attached hydrogen (secondary N) is 1. The molecule has 0 saturated carbocycles. The summed E-state index contributed by atoms with van der Waals surface area (Å²) in [5.41, 5.74) is 6.86. The van der Waals surface area contributed by atoms with Gasteiger partial charge in [0.05, 0.1) is 18.2 Å². The first kappa shape index (κ1) is 17.4. The van der Waals surface area contributed by atoms with Gasteiger partial charge in [-0.15, -0.1) is 0 Å². The molecule has 1 aromatic rings. The molecule has 2 rings (SSSR count). The van der Waals surface area contributed by atoms with Gasteiger partial charge < -0.3 is 20.6 Å². The lowest BCUT2D eigenvalue weighted by Gasteiger charge is -2.15. The molecular formula is C15H18BrN3O4. The van der Waals surface area contributed by atoms with Crippen LogP contribution in [0.5, 0.6) is 0 Å². The maximum Gasteiger partial charge on any atom is 0.338 e. The molecule has 0 radical (unpaired) electrons. The molecule has 2 atom stereocenters. The lowest BCUT2D eigenvalue weighted by molar-refractivity contribution is -0.118. The van der Waals surface area contributed by atoms with E-state index in [9.17, 15) is 9.59 Å². The van der Waals surface area contributed by atoms with Crippen molar-refractivity contribution >= 4 is 38.1 Å². The number of esters is 1. The Morgan fingerprint density at radius 3 is 2.74 bits per heavy atom. The topological polar surface area (TPSA) is 103 Å². The fourth-order valence-corrected chi connectivity index (χ4v) is 2.49. The summed E-state index contributed by atoms with van der Waals surface area (Å²) in [6.07, 6.45) is 0.775. The lowest BCUT2D eigenvalue weighted by Crippen LogP contribution is -2.38. The molecule has 1 amide bonds. The third kappa shape index (κ3) is 5.04. The minimum atomic E-state index is -0.710. The second-order valence-electron chi connectivity index (χ2n) is 5.03. The van der Waals surface area contributed by atoms with Crippen molar-refractivity contribution in [1.29, 1.82) is 0 Å². The zero-order chi connectivity index (χ0) is 16.8. The number of anilines is 1. The molecule has 1 aliphatic heterocycles. The molecule has 1 heterocycles. The molecule has 2 unspecified atom stereocenters. The number of amides is 1. The van der Waals surface area contributed by atoms with Gasteiger partial charge in [0.2, 0.25) is 5.91 Å². The number of hydrogen-bond donors (Lipinski definition) is 2. The number of ether oxygens (including phenoxy) is 1. The molecule has 0 bridgehead atoms. The average Bonchev–Trinajstić information content (AvgIpc) is 2.93. The zero-order valence-electron chi connectivity index (χ0n) is 12.6. The second-order valence-corrected chi connectivity index (χ2v) is 5.94. The van der Waals surface area contributed by atoms with Crippen molar-refractivity contribution in [2.24, 2.45) is 10.9 Å². The largest absolute Gasteiger partial charge is 0.462 e. The van der Waals surface area contributed by atoms with Gasteiger partial charge in [-0.05, 0) is 47.1 Å². The highest BCUT2D eigenvalue weighted by molar-refractivity contribution is 9.18. The van der Waals surface area contributed by atoms with Crippen molar-refractivity contribution in [1.82, 2.24) is 0 Å². The van der Waals surface area contributed by atoms with E-state index in [1.807, 2.05) is 0 Å². The summed E-state index contributed by atoms with van der Waals surface area (Å²) in [6.45, 7) is 2.06. The molecule has 7 nitrogen and oxygen atoms in total. The van der Waals surface area contributed by atoms with Gasteiger partial charge in [0.1, 0.15) is 10.7 Å². The molecule has 1 aliphatic rings. The number of carbonyl (C=O) groups excluding carboxylic acids is 2. The summed E-state index contributed by atoms with van der Waals surface area (Å²) in [6, 6.07) is 5.72. The van der Waals surface area contributed by atoms with Gasteiger partial charge in [-0.2, -0.15) is 0 Å². The Morgan fingerprint density at radius 2 is 2.17 bits per heavy atom. The van der Waals surface area contributed by atoms with Crippen LogP contribution in [-0.2, 0) is 14.4 Å².